The Kier molecular flexibility index (Phi) is 80.2. The molecule has 0 aliphatic rings. The first-order valence-electron chi connectivity index (χ1n) is 46.1. The maximum absolute atomic E-state index is 13.2. The molecule has 0 heterocycles. The second-order valence-corrected chi connectivity index (χ2v) is 35.4. The van der Waals surface area contributed by atoms with Gasteiger partial charge < -0.3 is 33.8 Å². The molecular formula is C89H174O17P2. The van der Waals surface area contributed by atoms with E-state index < -0.39 is 97.5 Å². The maximum Gasteiger partial charge on any atom is 0.472 e. The summed E-state index contributed by atoms with van der Waals surface area (Å²) < 4.78 is 68.9. The van der Waals surface area contributed by atoms with Gasteiger partial charge in [0.1, 0.15) is 19.3 Å². The molecule has 642 valence electrons. The summed E-state index contributed by atoms with van der Waals surface area (Å²) in [6.45, 7) is 7.37. The molecule has 0 saturated carbocycles. The van der Waals surface area contributed by atoms with Crippen LogP contribution >= 0.6 is 15.6 Å². The van der Waals surface area contributed by atoms with Gasteiger partial charge in [0, 0.05) is 25.7 Å². The van der Waals surface area contributed by atoms with Gasteiger partial charge in [0.25, 0.3) is 0 Å². The third kappa shape index (κ3) is 82.1. The Hall–Kier alpha value is -1.94. The summed E-state index contributed by atoms with van der Waals surface area (Å²) in [6.07, 6.45) is 76.8. The first-order chi connectivity index (χ1) is 52.5. The van der Waals surface area contributed by atoms with Crippen LogP contribution in [0.3, 0.4) is 0 Å². The summed E-state index contributed by atoms with van der Waals surface area (Å²) in [5, 5.41) is 10.7. The molecule has 2 unspecified atom stereocenters. The SMILES string of the molecule is CCCCCCCCCCCCCCCCCCCCCCCC(=O)OC[C@H](COP(=O)(O)OC[C@@H](O)COP(=O)(O)OC[C@@H](COC(=O)CCCCCCCCC)OC(=O)CCCCCCCCCCCCCCCCCCCCC)OC(=O)CCCCCCCCCCCCCCCCCCCCC(C)C. The molecule has 17 nitrogen and oxygen atoms in total. The zero-order valence-electron chi connectivity index (χ0n) is 71.0. The van der Waals surface area contributed by atoms with Gasteiger partial charge in [-0.3, -0.25) is 37.3 Å². The first kappa shape index (κ1) is 106. The minimum atomic E-state index is -4.97. The molecule has 0 fully saturated rings. The number of hydrogen-bond donors (Lipinski definition) is 3. The fourth-order valence-electron chi connectivity index (χ4n) is 14.0. The number of aliphatic hydroxyl groups excluding tert-OH is 1. The van der Waals surface area contributed by atoms with Crippen molar-refractivity contribution in [3.8, 4) is 0 Å². The topological polar surface area (TPSA) is 237 Å². The van der Waals surface area contributed by atoms with E-state index >= 15 is 0 Å². The molecule has 0 amide bonds. The van der Waals surface area contributed by atoms with Crippen molar-refractivity contribution in [2.75, 3.05) is 39.6 Å². The average molecular weight is 1580 g/mol. The molecule has 5 atom stereocenters. The number of rotatable bonds is 89. The van der Waals surface area contributed by atoms with E-state index in [9.17, 15) is 43.2 Å². The van der Waals surface area contributed by atoms with Gasteiger partial charge in [0.15, 0.2) is 12.2 Å². The molecule has 0 radical (unpaired) electrons. The monoisotopic (exact) mass is 1580 g/mol. The highest BCUT2D eigenvalue weighted by Gasteiger charge is 2.30. The Morgan fingerprint density at radius 1 is 0.250 bits per heavy atom. The Bertz CT molecular complexity index is 2050. The van der Waals surface area contributed by atoms with Crippen LogP contribution in [0.4, 0.5) is 0 Å². The summed E-state index contributed by atoms with van der Waals surface area (Å²) in [6, 6.07) is 0. The van der Waals surface area contributed by atoms with Crippen molar-refractivity contribution in [1.82, 2.24) is 0 Å². The third-order valence-corrected chi connectivity index (χ3v) is 22.9. The number of phosphoric ester groups is 2. The van der Waals surface area contributed by atoms with Gasteiger partial charge in [-0.2, -0.15) is 0 Å². The molecule has 0 aromatic carbocycles. The standard InChI is InChI=1S/C89H174O17P2/c1-6-9-12-15-18-20-22-24-26-28-30-31-33-37-41-45-49-53-58-63-68-73-87(92)100-79-85(106-89(94)75-70-65-60-55-51-47-43-39-35-34-36-40-44-48-52-57-61-66-71-82(4)5)81-104-108(97,98)102-77-83(90)76-101-107(95,96)103-80-84(78-99-86(91)72-67-62-56-17-14-11-8-3)105-88(93)74-69-64-59-54-50-46-42-38-32-29-27-25-23-21-19-16-13-10-7-2/h82-85,90H,6-81H2,1-5H3,(H,95,96)(H,97,98)/t83-,84+,85+/m0/s1. The van der Waals surface area contributed by atoms with Crippen molar-refractivity contribution in [3.05, 3.63) is 0 Å². The summed E-state index contributed by atoms with van der Waals surface area (Å²) in [4.78, 5) is 73.2. The van der Waals surface area contributed by atoms with Crippen LogP contribution in [-0.4, -0.2) is 96.7 Å². The minimum absolute atomic E-state index is 0.109. The van der Waals surface area contributed by atoms with E-state index in [-0.39, 0.29) is 25.7 Å². The van der Waals surface area contributed by atoms with Crippen molar-refractivity contribution in [2.24, 2.45) is 5.92 Å². The molecular weight excluding hydrogens is 1400 g/mol. The highest BCUT2D eigenvalue weighted by atomic mass is 31.2. The lowest BCUT2D eigenvalue weighted by molar-refractivity contribution is -0.161. The zero-order chi connectivity index (χ0) is 79.0. The molecule has 0 aliphatic heterocycles. The fourth-order valence-corrected chi connectivity index (χ4v) is 15.6. The van der Waals surface area contributed by atoms with E-state index in [4.69, 9.17) is 37.0 Å². The fraction of sp³-hybridized carbons (Fsp3) is 0.955. The van der Waals surface area contributed by atoms with Gasteiger partial charge in [-0.25, -0.2) is 9.13 Å². The summed E-state index contributed by atoms with van der Waals surface area (Å²) in [5.74, 6) is -1.28. The van der Waals surface area contributed by atoms with Crippen LogP contribution in [0.15, 0.2) is 0 Å². The molecule has 3 N–H and O–H groups in total. The predicted molar refractivity (Wildman–Crippen MR) is 446 cm³/mol. The average Bonchev–Trinajstić information content (AvgIpc) is 0.891. The molecule has 0 bridgehead atoms. The van der Waals surface area contributed by atoms with Crippen molar-refractivity contribution in [2.45, 2.75) is 502 Å². The molecule has 0 aromatic heterocycles. The Morgan fingerprint density at radius 2 is 0.426 bits per heavy atom. The van der Waals surface area contributed by atoms with Crippen LogP contribution in [0, 0.1) is 5.92 Å². The molecule has 19 heteroatoms. The van der Waals surface area contributed by atoms with Crippen molar-refractivity contribution in [3.63, 3.8) is 0 Å². The van der Waals surface area contributed by atoms with E-state index in [0.29, 0.717) is 25.7 Å². The summed E-state index contributed by atoms with van der Waals surface area (Å²) >= 11 is 0. The largest absolute Gasteiger partial charge is 0.472 e. The van der Waals surface area contributed by atoms with Crippen LogP contribution < -0.4 is 0 Å². The number of carbonyl (C=O) groups is 4. The van der Waals surface area contributed by atoms with E-state index in [1.54, 1.807) is 0 Å². The quantitative estimate of drug-likeness (QED) is 0.0222. The maximum atomic E-state index is 13.2. The lowest BCUT2D eigenvalue weighted by Gasteiger charge is -2.21. The van der Waals surface area contributed by atoms with E-state index in [1.807, 2.05) is 0 Å². The van der Waals surface area contributed by atoms with Crippen molar-refractivity contribution < 1.29 is 80.2 Å². The Labute approximate surface area is 664 Å². The number of phosphoric acid groups is 2. The second-order valence-electron chi connectivity index (χ2n) is 32.5. The Morgan fingerprint density at radius 3 is 0.630 bits per heavy atom. The van der Waals surface area contributed by atoms with Crippen LogP contribution in [0.25, 0.3) is 0 Å². The lowest BCUT2D eigenvalue weighted by atomic mass is 10.0. The van der Waals surface area contributed by atoms with Gasteiger partial charge in [-0.1, -0.05) is 433 Å². The summed E-state index contributed by atoms with van der Waals surface area (Å²) in [7, 11) is -9.92. The Balaban J connectivity index is 5.14. The van der Waals surface area contributed by atoms with E-state index in [1.165, 1.54) is 295 Å². The van der Waals surface area contributed by atoms with Crippen molar-refractivity contribution in [1.29, 1.82) is 0 Å². The number of carbonyl (C=O) groups excluding carboxylic acids is 4. The number of unbranched alkanes of at least 4 members (excludes halogenated alkanes) is 61. The molecule has 0 spiro atoms. The van der Waals surface area contributed by atoms with Crippen LogP contribution in [0.1, 0.15) is 484 Å². The number of aliphatic hydroxyl groups is 1. The van der Waals surface area contributed by atoms with Gasteiger partial charge in [0.2, 0.25) is 0 Å². The minimum Gasteiger partial charge on any atom is -0.462 e. The van der Waals surface area contributed by atoms with E-state index in [2.05, 4.69) is 34.6 Å². The van der Waals surface area contributed by atoms with Crippen LogP contribution in [-0.2, 0) is 65.4 Å². The molecule has 0 aromatic rings. The highest BCUT2D eigenvalue weighted by Crippen LogP contribution is 2.45. The number of hydrogen-bond acceptors (Lipinski definition) is 15. The highest BCUT2D eigenvalue weighted by molar-refractivity contribution is 7.47. The van der Waals surface area contributed by atoms with Gasteiger partial charge >= 0.3 is 39.5 Å². The van der Waals surface area contributed by atoms with Gasteiger partial charge in [-0.15, -0.1) is 0 Å². The molecule has 0 aliphatic carbocycles. The molecule has 0 saturated heterocycles. The van der Waals surface area contributed by atoms with Crippen molar-refractivity contribution >= 4 is 39.5 Å². The lowest BCUT2D eigenvalue weighted by Crippen LogP contribution is -2.30. The van der Waals surface area contributed by atoms with Crippen LogP contribution in [0.5, 0.6) is 0 Å². The smallest absolute Gasteiger partial charge is 0.462 e. The van der Waals surface area contributed by atoms with Gasteiger partial charge in [0.05, 0.1) is 26.4 Å². The first-order valence-corrected chi connectivity index (χ1v) is 49.1. The van der Waals surface area contributed by atoms with E-state index in [0.717, 1.165) is 109 Å². The molecule has 0 rings (SSSR count). The van der Waals surface area contributed by atoms with Crippen LogP contribution in [0.2, 0.25) is 0 Å². The predicted octanol–water partition coefficient (Wildman–Crippen LogP) is 27.5. The molecule has 108 heavy (non-hydrogen) atoms. The van der Waals surface area contributed by atoms with Gasteiger partial charge in [-0.05, 0) is 31.6 Å². The summed E-state index contributed by atoms with van der Waals surface area (Å²) in [5.41, 5.74) is 0. The number of esters is 4. The second kappa shape index (κ2) is 81.6. The number of ether oxygens (including phenoxy) is 4. The normalized spacial score (nSPS) is 13.7. The zero-order valence-corrected chi connectivity index (χ0v) is 72.8. The third-order valence-electron chi connectivity index (χ3n) is 21.0.